The Morgan fingerprint density at radius 2 is 2.21 bits per heavy atom. The smallest absolute Gasteiger partial charge is 0.345 e. The van der Waals surface area contributed by atoms with Gasteiger partial charge in [-0.15, -0.1) is 10.2 Å². The average molecular weight is 349 g/mol. The van der Waals surface area contributed by atoms with E-state index in [2.05, 4.69) is 27.0 Å². The van der Waals surface area contributed by atoms with Crippen molar-refractivity contribution < 1.29 is 10.0 Å². The van der Waals surface area contributed by atoms with Crippen molar-refractivity contribution in [2.75, 3.05) is 24.6 Å². The van der Waals surface area contributed by atoms with E-state index < -0.39 is 4.92 Å². The maximum absolute atomic E-state index is 10.6. The zero-order chi connectivity index (χ0) is 17.5. The largest absolute Gasteiger partial charge is 0.396 e. The minimum Gasteiger partial charge on any atom is -0.396 e. The Hall–Kier alpha value is -2.39. The van der Waals surface area contributed by atoms with Crippen LogP contribution < -0.4 is 4.90 Å². The normalized spacial score (nSPS) is 11.1. The zero-order valence-electron chi connectivity index (χ0n) is 13.5. The predicted molar refractivity (Wildman–Crippen MR) is 93.7 cm³/mol. The van der Waals surface area contributed by atoms with E-state index in [-0.39, 0.29) is 16.7 Å². The quantitative estimate of drug-likeness (QED) is 0.441. The number of anilines is 1. The number of thiazole rings is 1. The molecular formula is C15H19N5O3S. The van der Waals surface area contributed by atoms with Crippen molar-refractivity contribution in [2.45, 2.75) is 20.3 Å². The number of azo groups is 1. The van der Waals surface area contributed by atoms with Crippen molar-refractivity contribution in [3.8, 4) is 0 Å². The van der Waals surface area contributed by atoms with Gasteiger partial charge in [-0.3, -0.25) is 10.1 Å². The molecule has 0 aliphatic rings. The number of rotatable bonds is 8. The molecule has 0 bridgehead atoms. The lowest BCUT2D eigenvalue weighted by Crippen LogP contribution is -2.24. The van der Waals surface area contributed by atoms with E-state index in [9.17, 15) is 10.1 Å². The topological polar surface area (TPSA) is 104 Å². The maximum Gasteiger partial charge on any atom is 0.345 e. The summed E-state index contributed by atoms with van der Waals surface area (Å²) in [5, 5.41) is 27.9. The van der Waals surface area contributed by atoms with Crippen LogP contribution in [0, 0.1) is 17.0 Å². The third-order valence-corrected chi connectivity index (χ3v) is 4.25. The van der Waals surface area contributed by atoms with Gasteiger partial charge in [0.2, 0.25) is 5.13 Å². The van der Waals surface area contributed by atoms with Gasteiger partial charge in [0.05, 0.1) is 10.6 Å². The van der Waals surface area contributed by atoms with Gasteiger partial charge in [-0.1, -0.05) is 0 Å². The Bertz CT molecular complexity index is 732. The third-order valence-electron chi connectivity index (χ3n) is 3.42. The molecule has 0 aliphatic carbocycles. The molecule has 0 unspecified atom stereocenters. The van der Waals surface area contributed by atoms with Crippen LogP contribution in [0.15, 0.2) is 34.6 Å². The molecule has 0 saturated heterocycles. The molecule has 0 fully saturated rings. The second-order valence-electron chi connectivity index (χ2n) is 5.07. The van der Waals surface area contributed by atoms with Crippen molar-refractivity contribution in [1.29, 1.82) is 0 Å². The van der Waals surface area contributed by atoms with Crippen LogP contribution in [0.1, 0.15) is 18.9 Å². The minimum absolute atomic E-state index is 0.0570. The molecule has 0 radical (unpaired) electrons. The first-order valence-corrected chi connectivity index (χ1v) is 8.35. The monoisotopic (exact) mass is 349 g/mol. The number of nitrogens with zero attached hydrogens (tertiary/aromatic N) is 5. The first-order valence-electron chi connectivity index (χ1n) is 7.53. The molecule has 0 saturated carbocycles. The van der Waals surface area contributed by atoms with Crippen LogP contribution in [0.5, 0.6) is 0 Å². The van der Waals surface area contributed by atoms with Crippen LogP contribution in [0.2, 0.25) is 0 Å². The van der Waals surface area contributed by atoms with E-state index >= 15 is 0 Å². The Morgan fingerprint density at radius 3 is 2.79 bits per heavy atom. The molecule has 1 N–H and O–H groups in total. The van der Waals surface area contributed by atoms with Gasteiger partial charge in [-0.2, -0.15) is 0 Å². The molecule has 2 rings (SSSR count). The molecule has 2 aromatic rings. The number of hydrogen-bond donors (Lipinski definition) is 1. The molecule has 8 nitrogen and oxygen atoms in total. The van der Waals surface area contributed by atoms with E-state index in [0.29, 0.717) is 5.69 Å². The van der Waals surface area contributed by atoms with Gasteiger partial charge in [0.25, 0.3) is 0 Å². The fourth-order valence-electron chi connectivity index (χ4n) is 2.16. The summed E-state index contributed by atoms with van der Waals surface area (Å²) < 4.78 is 0. The number of aromatic nitrogens is 1. The van der Waals surface area contributed by atoms with E-state index in [1.165, 1.54) is 6.20 Å². The number of aliphatic hydroxyl groups excluding tert-OH is 1. The summed E-state index contributed by atoms with van der Waals surface area (Å²) in [6.45, 7) is 5.80. The SMILES string of the molecule is CCN(CCCO)c1ccc(N=Nc2ncc([N+](=O)[O-])s2)c(C)c1. The summed E-state index contributed by atoms with van der Waals surface area (Å²) in [5.41, 5.74) is 2.70. The van der Waals surface area contributed by atoms with Crippen molar-refractivity contribution in [1.82, 2.24) is 4.98 Å². The van der Waals surface area contributed by atoms with Crippen LogP contribution in [0.25, 0.3) is 0 Å². The lowest BCUT2D eigenvalue weighted by Gasteiger charge is -2.23. The van der Waals surface area contributed by atoms with Crippen LogP contribution in [-0.4, -0.2) is 34.7 Å². The fraction of sp³-hybridized carbons (Fsp3) is 0.400. The standard InChI is InChI=1S/C15H19N5O3S/c1-3-19(7-4-8-21)12-5-6-13(11(2)9-12)17-18-15-16-10-14(24-15)20(22)23/h5-6,9-10,21H,3-4,7-8H2,1-2H3. The number of hydrogen-bond acceptors (Lipinski definition) is 8. The highest BCUT2D eigenvalue weighted by Crippen LogP contribution is 2.30. The molecule has 0 amide bonds. The summed E-state index contributed by atoms with van der Waals surface area (Å²) in [7, 11) is 0. The summed E-state index contributed by atoms with van der Waals surface area (Å²) in [6.07, 6.45) is 1.90. The van der Waals surface area contributed by atoms with Gasteiger partial charge in [0.15, 0.2) is 0 Å². The minimum atomic E-state index is -0.498. The van der Waals surface area contributed by atoms with Crippen LogP contribution in [0.4, 0.5) is 21.5 Å². The molecule has 1 heterocycles. The summed E-state index contributed by atoms with van der Waals surface area (Å²) >= 11 is 0.884. The van der Waals surface area contributed by atoms with Crippen LogP contribution >= 0.6 is 11.3 Å². The summed E-state index contributed by atoms with van der Waals surface area (Å²) in [4.78, 5) is 16.2. The van der Waals surface area contributed by atoms with Crippen molar-refractivity contribution in [3.63, 3.8) is 0 Å². The number of aryl methyl sites for hydroxylation is 1. The molecule has 0 aliphatic heterocycles. The van der Waals surface area contributed by atoms with Gasteiger partial charge in [0, 0.05) is 25.4 Å². The first kappa shape index (κ1) is 18.0. The van der Waals surface area contributed by atoms with Crippen molar-refractivity contribution in [2.24, 2.45) is 10.2 Å². The molecular weight excluding hydrogens is 330 g/mol. The second kappa shape index (κ2) is 8.46. The van der Waals surface area contributed by atoms with Crippen LogP contribution in [0.3, 0.4) is 0 Å². The number of benzene rings is 1. The molecule has 1 aromatic carbocycles. The summed E-state index contributed by atoms with van der Waals surface area (Å²) in [6, 6.07) is 5.82. The third kappa shape index (κ3) is 4.56. The van der Waals surface area contributed by atoms with E-state index in [1.807, 2.05) is 25.1 Å². The Morgan fingerprint density at radius 1 is 1.42 bits per heavy atom. The Balaban J connectivity index is 2.13. The number of nitro groups is 1. The zero-order valence-corrected chi connectivity index (χ0v) is 14.4. The molecule has 0 spiro atoms. The molecule has 128 valence electrons. The highest BCUT2D eigenvalue weighted by Gasteiger charge is 2.11. The number of aliphatic hydroxyl groups is 1. The Labute approximate surface area is 143 Å². The first-order chi connectivity index (χ1) is 11.5. The molecule has 24 heavy (non-hydrogen) atoms. The van der Waals surface area contributed by atoms with Gasteiger partial charge < -0.3 is 10.0 Å². The molecule has 0 atom stereocenters. The second-order valence-corrected chi connectivity index (χ2v) is 6.05. The lowest BCUT2D eigenvalue weighted by molar-refractivity contribution is -0.380. The van der Waals surface area contributed by atoms with Gasteiger partial charge in [-0.25, -0.2) is 4.98 Å². The molecule has 1 aromatic heterocycles. The van der Waals surface area contributed by atoms with Crippen LogP contribution in [-0.2, 0) is 0 Å². The molecule has 9 heteroatoms. The Kier molecular flexibility index (Phi) is 6.33. The van der Waals surface area contributed by atoms with Gasteiger partial charge in [0.1, 0.15) is 6.20 Å². The average Bonchev–Trinajstić information content (AvgIpc) is 3.04. The van der Waals surface area contributed by atoms with Crippen molar-refractivity contribution in [3.05, 3.63) is 40.1 Å². The van der Waals surface area contributed by atoms with Crippen molar-refractivity contribution >= 4 is 32.8 Å². The van der Waals surface area contributed by atoms with Gasteiger partial charge >= 0.3 is 5.00 Å². The lowest BCUT2D eigenvalue weighted by atomic mass is 10.1. The highest BCUT2D eigenvalue weighted by atomic mass is 32.1. The van der Waals surface area contributed by atoms with Gasteiger partial charge in [-0.05, 0) is 55.4 Å². The fourth-order valence-corrected chi connectivity index (χ4v) is 2.72. The maximum atomic E-state index is 10.6. The highest BCUT2D eigenvalue weighted by molar-refractivity contribution is 7.18. The van der Waals surface area contributed by atoms with E-state index in [4.69, 9.17) is 5.11 Å². The predicted octanol–water partition coefficient (Wildman–Crippen LogP) is 3.98. The summed E-state index contributed by atoms with van der Waals surface area (Å²) in [5.74, 6) is 0. The van der Waals surface area contributed by atoms with E-state index in [0.717, 1.165) is 42.1 Å². The van der Waals surface area contributed by atoms with E-state index in [1.54, 1.807) is 0 Å².